The molecule has 12 heteroatoms. The van der Waals surface area contributed by atoms with E-state index in [-0.39, 0.29) is 16.9 Å². The zero-order chi connectivity index (χ0) is 29.4. The minimum atomic E-state index is -0.913. The summed E-state index contributed by atoms with van der Waals surface area (Å²) in [5.41, 5.74) is -0.0668. The van der Waals surface area contributed by atoms with Crippen LogP contribution in [0.1, 0.15) is 73.6 Å². The summed E-state index contributed by atoms with van der Waals surface area (Å²) in [7, 11) is -1.80. The summed E-state index contributed by atoms with van der Waals surface area (Å²) >= 11 is 16.6. The lowest BCUT2D eigenvalue weighted by molar-refractivity contribution is 0.181. The van der Waals surface area contributed by atoms with Gasteiger partial charge < -0.3 is 14.7 Å². The number of urea groups is 1. The zero-order valence-electron chi connectivity index (χ0n) is 24.7. The van der Waals surface area contributed by atoms with Crippen LogP contribution in [0.4, 0.5) is 4.79 Å². The van der Waals surface area contributed by atoms with Crippen molar-refractivity contribution < 1.29 is 13.2 Å². The van der Waals surface area contributed by atoms with Crippen LogP contribution in [0.25, 0.3) is 0 Å². The lowest BCUT2D eigenvalue weighted by Crippen LogP contribution is -2.39. The number of rotatable bonds is 18. The Labute approximate surface area is 257 Å². The summed E-state index contributed by atoms with van der Waals surface area (Å²) in [5.74, 6) is 2.51. The predicted octanol–water partition coefficient (Wildman–Crippen LogP) is 4.82. The third-order valence-corrected chi connectivity index (χ3v) is 11.5. The highest BCUT2D eigenvalue weighted by Gasteiger charge is 2.36. The number of likely N-dealkylation sites (N-methyl/N-ethyl adjacent to an activating group) is 2. The molecule has 39 heavy (non-hydrogen) atoms. The Balaban J connectivity index is 1.60. The number of hydrogen-bond acceptors (Lipinski definition) is 6. The normalized spacial score (nSPS) is 18.6. The first-order valence-electron chi connectivity index (χ1n) is 14.1. The van der Waals surface area contributed by atoms with Crippen molar-refractivity contribution in [1.82, 2.24) is 19.6 Å². The number of carbonyl (C=O) groups is 1. The second kappa shape index (κ2) is 15.6. The molecule has 0 N–H and O–H groups in total. The monoisotopic (exact) mass is 636 g/mol. The molecule has 2 amide bonds. The molecular formula is C27H48N4O3S5. The second-order valence-electron chi connectivity index (χ2n) is 12.1. The molecule has 2 aliphatic rings. The molecule has 0 spiro atoms. The number of thiocarbonyl (C=S) groups is 3. The van der Waals surface area contributed by atoms with E-state index < -0.39 is 21.6 Å². The molecule has 0 aromatic heterocycles. The van der Waals surface area contributed by atoms with Gasteiger partial charge in [0.2, 0.25) is 0 Å². The maximum atomic E-state index is 12.6. The first-order chi connectivity index (χ1) is 18.2. The van der Waals surface area contributed by atoms with E-state index in [0.717, 1.165) is 61.8 Å². The van der Waals surface area contributed by atoms with Crippen LogP contribution < -0.4 is 0 Å². The maximum Gasteiger partial charge on any atom is 0.325 e. The Morgan fingerprint density at radius 1 is 0.692 bits per heavy atom. The van der Waals surface area contributed by atoms with Crippen LogP contribution in [-0.2, 0) is 21.6 Å². The van der Waals surface area contributed by atoms with Crippen LogP contribution in [-0.4, -0.2) is 111 Å². The average Bonchev–Trinajstić information content (AvgIpc) is 3.27. The summed E-state index contributed by atoms with van der Waals surface area (Å²) in [6.07, 6.45) is 4.28. The van der Waals surface area contributed by atoms with Gasteiger partial charge in [-0.3, -0.25) is 13.3 Å². The van der Waals surface area contributed by atoms with Crippen LogP contribution in [0.2, 0.25) is 0 Å². The standard InChI is InChI=1S/C27H48N4O3S5/c1-7-28-18-22(35)30(24(28)32)20-26(3,4)12-9-14-38(33)16-11-17-39(34)15-10-13-27(5,6)21-31-23(36)19-29(8-2)25(31)37/h7-21H2,1-6H3. The van der Waals surface area contributed by atoms with Crippen LogP contribution >= 0.6 is 36.7 Å². The number of hydrogen-bond donors (Lipinski definition) is 0. The molecule has 2 heterocycles. The van der Waals surface area contributed by atoms with Gasteiger partial charge in [-0.05, 0) is 69.0 Å². The quantitative estimate of drug-likeness (QED) is 0.199. The van der Waals surface area contributed by atoms with Crippen LogP contribution in [0.5, 0.6) is 0 Å². The largest absolute Gasteiger partial charge is 0.342 e. The average molecular weight is 637 g/mol. The highest BCUT2D eigenvalue weighted by molar-refractivity contribution is 7.85. The zero-order valence-corrected chi connectivity index (χ0v) is 28.7. The fourth-order valence-corrected chi connectivity index (χ4v) is 8.50. The Kier molecular flexibility index (Phi) is 13.9. The van der Waals surface area contributed by atoms with E-state index in [9.17, 15) is 13.2 Å². The molecule has 0 aliphatic carbocycles. The van der Waals surface area contributed by atoms with Crippen molar-refractivity contribution in [3.05, 3.63) is 0 Å². The molecule has 2 rings (SSSR count). The first kappa shape index (κ1) is 34.6. The number of amides is 2. The van der Waals surface area contributed by atoms with E-state index in [0.29, 0.717) is 47.6 Å². The van der Waals surface area contributed by atoms with Gasteiger partial charge >= 0.3 is 6.03 Å². The van der Waals surface area contributed by atoms with Crippen LogP contribution in [0.3, 0.4) is 0 Å². The van der Waals surface area contributed by atoms with E-state index in [2.05, 4.69) is 44.4 Å². The van der Waals surface area contributed by atoms with Crippen LogP contribution in [0, 0.1) is 10.8 Å². The highest BCUT2D eigenvalue weighted by atomic mass is 32.2. The van der Waals surface area contributed by atoms with E-state index in [1.165, 1.54) is 0 Å². The third kappa shape index (κ3) is 11.0. The number of carbonyl (C=O) groups excluding carboxylic acids is 1. The van der Waals surface area contributed by atoms with Crippen molar-refractivity contribution in [2.75, 3.05) is 62.3 Å². The Morgan fingerprint density at radius 3 is 1.54 bits per heavy atom. The number of nitrogens with zero attached hydrogens (tertiary/aromatic N) is 4. The van der Waals surface area contributed by atoms with Crippen molar-refractivity contribution in [2.24, 2.45) is 10.8 Å². The lowest BCUT2D eigenvalue weighted by Gasteiger charge is -2.31. The maximum absolute atomic E-state index is 12.6. The van der Waals surface area contributed by atoms with Gasteiger partial charge in [0.1, 0.15) is 9.98 Å². The smallest absolute Gasteiger partial charge is 0.325 e. The molecule has 2 fully saturated rings. The van der Waals surface area contributed by atoms with Gasteiger partial charge in [-0.25, -0.2) is 4.79 Å². The summed E-state index contributed by atoms with van der Waals surface area (Å²) in [4.78, 5) is 21.8. The lowest BCUT2D eigenvalue weighted by atomic mass is 9.87. The van der Waals surface area contributed by atoms with Gasteiger partial charge in [-0.1, -0.05) is 52.1 Å². The van der Waals surface area contributed by atoms with Crippen molar-refractivity contribution in [3.8, 4) is 0 Å². The van der Waals surface area contributed by atoms with Gasteiger partial charge in [0.25, 0.3) is 0 Å². The Morgan fingerprint density at radius 2 is 1.10 bits per heavy atom. The highest BCUT2D eigenvalue weighted by Crippen LogP contribution is 2.28. The van der Waals surface area contributed by atoms with Crippen molar-refractivity contribution in [1.29, 1.82) is 0 Å². The topological polar surface area (TPSA) is 64.2 Å². The van der Waals surface area contributed by atoms with Gasteiger partial charge in [0.15, 0.2) is 5.11 Å². The van der Waals surface area contributed by atoms with Crippen molar-refractivity contribution in [2.45, 2.75) is 73.6 Å². The van der Waals surface area contributed by atoms with E-state index >= 15 is 0 Å². The fourth-order valence-electron chi connectivity index (χ4n) is 5.02. The molecule has 2 aliphatic heterocycles. The predicted molar refractivity (Wildman–Crippen MR) is 177 cm³/mol. The SMILES string of the molecule is CCN1CC(=S)N(CC(C)(C)CCCS(=O)CCCS(=O)CCCC(C)(C)CN2C(=S)CN(CC)C2=S)C1=O. The van der Waals surface area contributed by atoms with Gasteiger partial charge in [0.05, 0.1) is 13.1 Å². The molecule has 2 atom stereocenters. The van der Waals surface area contributed by atoms with Crippen molar-refractivity contribution >= 4 is 79.4 Å². The van der Waals surface area contributed by atoms with Crippen molar-refractivity contribution in [3.63, 3.8) is 0 Å². The van der Waals surface area contributed by atoms with E-state index in [1.54, 1.807) is 9.80 Å². The Bertz CT molecular complexity index is 882. The van der Waals surface area contributed by atoms with Gasteiger partial charge in [0, 0.05) is 70.8 Å². The van der Waals surface area contributed by atoms with E-state index in [1.807, 2.05) is 6.92 Å². The van der Waals surface area contributed by atoms with Gasteiger partial charge in [-0.2, -0.15) is 0 Å². The molecule has 0 aromatic rings. The van der Waals surface area contributed by atoms with E-state index in [4.69, 9.17) is 36.7 Å². The minimum Gasteiger partial charge on any atom is -0.342 e. The molecule has 224 valence electrons. The van der Waals surface area contributed by atoms with Crippen LogP contribution in [0.15, 0.2) is 0 Å². The molecule has 0 bridgehead atoms. The Hall–Kier alpha value is -0.560. The molecule has 7 nitrogen and oxygen atoms in total. The van der Waals surface area contributed by atoms with Gasteiger partial charge in [-0.15, -0.1) is 0 Å². The second-order valence-corrected chi connectivity index (χ2v) is 16.8. The first-order valence-corrected chi connectivity index (χ1v) is 18.3. The summed E-state index contributed by atoms with van der Waals surface area (Å²) in [5, 5.41) is 0.824. The molecular weight excluding hydrogens is 589 g/mol. The summed E-state index contributed by atoms with van der Waals surface area (Å²) < 4.78 is 25.1. The molecule has 0 saturated carbocycles. The third-order valence-electron chi connectivity index (χ3n) is 7.39. The molecule has 0 radical (unpaired) electrons. The molecule has 2 unspecified atom stereocenters. The molecule has 2 saturated heterocycles. The fraction of sp³-hybridized carbons (Fsp3) is 0.852. The summed E-state index contributed by atoms with van der Waals surface area (Å²) in [6, 6.07) is -0.00109. The molecule has 0 aromatic carbocycles. The minimum absolute atomic E-state index is 0.00109. The summed E-state index contributed by atoms with van der Waals surface area (Å²) in [6.45, 7) is 16.9.